The molecule has 1 aliphatic carbocycles. The SMILES string of the molecule is O=C(NCc1ccc(-c2cnc3nc2NCCCNSc2cccc(c2)N3)cc1)C1(c2ccccc2C(F)(F)F)CC1. The maximum Gasteiger partial charge on any atom is 0.416 e. The predicted octanol–water partition coefficient (Wildman–Crippen LogP) is 6.67. The van der Waals surface area contributed by atoms with E-state index in [0.717, 1.165) is 52.8 Å². The van der Waals surface area contributed by atoms with Crippen molar-refractivity contribution in [3.05, 3.63) is 95.7 Å². The Hall–Kier alpha value is -4.09. The van der Waals surface area contributed by atoms with Gasteiger partial charge in [0.15, 0.2) is 0 Å². The van der Waals surface area contributed by atoms with E-state index in [1.165, 1.54) is 12.1 Å². The fourth-order valence-corrected chi connectivity index (χ4v) is 5.85. The summed E-state index contributed by atoms with van der Waals surface area (Å²) in [7, 11) is 0. The van der Waals surface area contributed by atoms with Gasteiger partial charge in [0.25, 0.3) is 0 Å². The summed E-state index contributed by atoms with van der Waals surface area (Å²) < 4.78 is 44.2. The van der Waals surface area contributed by atoms with Crippen molar-refractivity contribution in [1.29, 1.82) is 0 Å². The molecule has 1 saturated carbocycles. The highest BCUT2D eigenvalue weighted by atomic mass is 32.2. The molecule has 0 atom stereocenters. The maximum atomic E-state index is 13.6. The number of rotatable bonds is 5. The van der Waals surface area contributed by atoms with E-state index in [4.69, 9.17) is 4.98 Å². The van der Waals surface area contributed by atoms with E-state index in [0.29, 0.717) is 24.6 Å². The lowest BCUT2D eigenvalue weighted by Gasteiger charge is -2.20. The van der Waals surface area contributed by atoms with Gasteiger partial charge in [-0.15, -0.1) is 0 Å². The number of hydrogen-bond donors (Lipinski definition) is 4. The van der Waals surface area contributed by atoms with Crippen molar-refractivity contribution in [3.63, 3.8) is 0 Å². The van der Waals surface area contributed by atoms with Gasteiger partial charge in [0, 0.05) is 42.0 Å². The van der Waals surface area contributed by atoms with Crippen molar-refractivity contribution in [2.24, 2.45) is 0 Å². The van der Waals surface area contributed by atoms with Crippen LogP contribution < -0.4 is 20.7 Å². The van der Waals surface area contributed by atoms with Gasteiger partial charge in [-0.25, -0.2) is 4.98 Å². The fourth-order valence-electron chi connectivity index (χ4n) is 5.10. The number of aromatic nitrogens is 2. The lowest BCUT2D eigenvalue weighted by atomic mass is 9.90. The summed E-state index contributed by atoms with van der Waals surface area (Å²) in [6, 6.07) is 21.0. The van der Waals surface area contributed by atoms with Crippen molar-refractivity contribution in [3.8, 4) is 11.1 Å². The van der Waals surface area contributed by atoms with E-state index < -0.39 is 17.2 Å². The summed E-state index contributed by atoms with van der Waals surface area (Å²) in [5.41, 5.74) is 1.64. The Morgan fingerprint density at radius 3 is 2.60 bits per heavy atom. The average Bonchev–Trinajstić information content (AvgIpc) is 3.80. The summed E-state index contributed by atoms with van der Waals surface area (Å²) in [6.45, 7) is 1.76. The number of halogens is 3. The zero-order chi connectivity index (χ0) is 29.2. The molecule has 2 heterocycles. The number of hydrogen-bond acceptors (Lipinski definition) is 7. The van der Waals surface area contributed by atoms with Crippen LogP contribution in [-0.4, -0.2) is 29.0 Å². The molecule has 2 aliphatic rings. The minimum atomic E-state index is -4.51. The predicted molar refractivity (Wildman–Crippen MR) is 158 cm³/mol. The van der Waals surface area contributed by atoms with Gasteiger partial charge in [0.2, 0.25) is 11.9 Å². The van der Waals surface area contributed by atoms with Gasteiger partial charge in [-0.1, -0.05) is 48.5 Å². The Bertz CT molecular complexity index is 1590. The van der Waals surface area contributed by atoms with Gasteiger partial charge in [-0.3, -0.25) is 9.52 Å². The monoisotopic (exact) mass is 590 g/mol. The van der Waals surface area contributed by atoms with Crippen LogP contribution in [0.25, 0.3) is 11.1 Å². The molecule has 1 aliphatic heterocycles. The molecule has 0 saturated heterocycles. The number of alkyl halides is 3. The van der Waals surface area contributed by atoms with Crippen LogP contribution in [-0.2, 0) is 22.9 Å². The molecule has 0 spiro atoms. The van der Waals surface area contributed by atoms with Crippen molar-refractivity contribution < 1.29 is 18.0 Å². The van der Waals surface area contributed by atoms with Crippen molar-refractivity contribution >= 4 is 35.3 Å². The van der Waals surface area contributed by atoms with Crippen molar-refractivity contribution in [1.82, 2.24) is 20.0 Å². The molecular formula is C31H29F3N6OS. The number of amides is 1. The number of carbonyl (C=O) groups excluding carboxylic acids is 1. The first-order chi connectivity index (χ1) is 20.3. The minimum Gasteiger partial charge on any atom is -0.369 e. The number of fused-ring (bicyclic) bond motifs is 4. The molecule has 6 rings (SSSR count). The number of benzene rings is 3. The molecule has 216 valence electrons. The first kappa shape index (κ1) is 28.0. The van der Waals surface area contributed by atoms with Gasteiger partial charge < -0.3 is 16.0 Å². The molecule has 1 aromatic heterocycles. The fraction of sp³-hybridized carbons (Fsp3) is 0.258. The van der Waals surface area contributed by atoms with Crippen LogP contribution in [0, 0.1) is 0 Å². The molecule has 11 heteroatoms. The first-order valence-electron chi connectivity index (χ1n) is 13.7. The molecule has 3 aromatic carbocycles. The normalized spacial score (nSPS) is 16.1. The third-order valence-corrected chi connectivity index (χ3v) is 8.31. The molecular weight excluding hydrogens is 561 g/mol. The van der Waals surface area contributed by atoms with Gasteiger partial charge in [0.05, 0.1) is 11.0 Å². The van der Waals surface area contributed by atoms with E-state index in [9.17, 15) is 18.0 Å². The van der Waals surface area contributed by atoms with Crippen LogP contribution in [0.1, 0.15) is 36.0 Å². The standard InChI is InChI=1S/C31H29F3N6OS/c32-31(33,34)26-8-2-1-7-25(26)30(13-14-30)28(41)36-18-20-9-11-21(12-10-20)24-19-37-29-39-22-5-3-6-23(17-22)42-38-16-4-15-35-27(24)40-29/h1-3,5-12,17,19,38H,4,13-16,18H2,(H,36,41)(H2,35,37,39,40). The van der Waals surface area contributed by atoms with Crippen molar-refractivity contribution in [2.75, 3.05) is 23.7 Å². The third kappa shape index (κ3) is 6.07. The highest BCUT2D eigenvalue weighted by Crippen LogP contribution is 2.52. The Morgan fingerprint density at radius 2 is 1.81 bits per heavy atom. The zero-order valence-corrected chi connectivity index (χ0v) is 23.4. The van der Waals surface area contributed by atoms with Crippen LogP contribution in [0.15, 0.2) is 83.9 Å². The molecule has 7 nitrogen and oxygen atoms in total. The molecule has 1 amide bonds. The van der Waals surface area contributed by atoms with Gasteiger partial charge >= 0.3 is 6.18 Å². The topological polar surface area (TPSA) is 91.0 Å². The summed E-state index contributed by atoms with van der Waals surface area (Å²) in [5, 5.41) is 9.57. The van der Waals surface area contributed by atoms with E-state index in [1.54, 1.807) is 24.2 Å². The summed E-state index contributed by atoms with van der Waals surface area (Å²) >= 11 is 1.59. The van der Waals surface area contributed by atoms with Gasteiger partial charge in [0.1, 0.15) is 5.82 Å². The highest BCUT2D eigenvalue weighted by Gasteiger charge is 2.54. The molecule has 4 N–H and O–H groups in total. The van der Waals surface area contributed by atoms with E-state index in [-0.39, 0.29) is 18.0 Å². The van der Waals surface area contributed by atoms with E-state index in [2.05, 4.69) is 25.7 Å². The number of carbonyl (C=O) groups is 1. The lowest BCUT2D eigenvalue weighted by molar-refractivity contribution is -0.138. The van der Waals surface area contributed by atoms with E-state index >= 15 is 0 Å². The largest absolute Gasteiger partial charge is 0.416 e. The molecule has 42 heavy (non-hydrogen) atoms. The molecule has 1 fully saturated rings. The van der Waals surface area contributed by atoms with Crippen LogP contribution in [0.4, 0.5) is 30.6 Å². The second-order valence-electron chi connectivity index (χ2n) is 10.4. The second kappa shape index (κ2) is 11.7. The zero-order valence-electron chi connectivity index (χ0n) is 22.6. The second-order valence-corrected chi connectivity index (χ2v) is 11.4. The molecule has 4 aromatic rings. The Labute approximate surface area is 245 Å². The molecule has 4 bridgehead atoms. The quantitative estimate of drug-likeness (QED) is 0.193. The Kier molecular flexibility index (Phi) is 7.78. The van der Waals surface area contributed by atoms with E-state index in [1.807, 2.05) is 48.5 Å². The summed E-state index contributed by atoms with van der Waals surface area (Å²) in [5.74, 6) is 0.806. The Balaban J connectivity index is 1.16. The summed E-state index contributed by atoms with van der Waals surface area (Å²) in [6.07, 6.45) is -1.05. The smallest absolute Gasteiger partial charge is 0.369 e. The first-order valence-corrected chi connectivity index (χ1v) is 14.6. The third-order valence-electron chi connectivity index (χ3n) is 7.47. The van der Waals surface area contributed by atoms with Crippen LogP contribution >= 0.6 is 11.9 Å². The number of nitrogens with zero attached hydrogens (tertiary/aromatic N) is 2. The molecule has 0 unspecified atom stereocenters. The Morgan fingerprint density at radius 1 is 1.00 bits per heavy atom. The highest BCUT2D eigenvalue weighted by molar-refractivity contribution is 7.97. The maximum absolute atomic E-state index is 13.6. The van der Waals surface area contributed by atoms with Gasteiger partial charge in [-0.05, 0) is 72.2 Å². The van der Waals surface area contributed by atoms with Crippen LogP contribution in [0.5, 0.6) is 0 Å². The average molecular weight is 591 g/mol. The summed E-state index contributed by atoms with van der Waals surface area (Å²) in [4.78, 5) is 23.5. The van der Waals surface area contributed by atoms with Crippen molar-refractivity contribution in [2.45, 2.75) is 42.3 Å². The number of nitrogens with one attached hydrogen (secondary N) is 4. The molecule has 0 radical (unpaired) electrons. The number of anilines is 3. The minimum absolute atomic E-state index is 0.0483. The lowest BCUT2D eigenvalue weighted by Crippen LogP contribution is -2.35. The van der Waals surface area contributed by atoms with Gasteiger partial charge in [-0.2, -0.15) is 18.2 Å². The van der Waals surface area contributed by atoms with Crippen LogP contribution in [0.2, 0.25) is 0 Å². The van der Waals surface area contributed by atoms with Crippen LogP contribution in [0.3, 0.4) is 0 Å².